The molecule has 0 heterocycles. The van der Waals surface area contributed by atoms with Crippen LogP contribution in [0.25, 0.3) is 0 Å². The molecule has 3 nitrogen and oxygen atoms in total. The van der Waals surface area contributed by atoms with Gasteiger partial charge in [-0.3, -0.25) is 0 Å². The number of rotatable bonds is 3. The van der Waals surface area contributed by atoms with Crippen molar-refractivity contribution in [2.75, 3.05) is 0 Å². The molecule has 4 N–H and O–H groups in total. The van der Waals surface area contributed by atoms with Gasteiger partial charge in [-0.15, -0.1) is 2.91 Å². The van der Waals surface area contributed by atoms with Crippen LogP contribution in [0.5, 0.6) is 0 Å². The predicted molar refractivity (Wildman–Crippen MR) is 54.1 cm³/mol. The largest absolute Gasteiger partial charge is 0.183 e. The van der Waals surface area contributed by atoms with E-state index in [1.54, 1.807) is 0 Å². The molecule has 10 heavy (non-hydrogen) atoms. The lowest BCUT2D eigenvalue weighted by Crippen LogP contribution is -2.64. The van der Waals surface area contributed by atoms with Crippen molar-refractivity contribution < 1.29 is 2.91 Å². The third kappa shape index (κ3) is 1.98. The van der Waals surface area contributed by atoms with Gasteiger partial charge in [0.25, 0.3) is 0 Å². The van der Waals surface area contributed by atoms with Crippen LogP contribution in [0.4, 0.5) is 0 Å². The monoisotopic (exact) mass is 258 g/mol. The fourth-order valence-electron chi connectivity index (χ4n) is 0.404. The number of hydrogen-bond donors (Lipinski definition) is 2. The summed E-state index contributed by atoms with van der Waals surface area (Å²) in [6.07, 6.45) is 0.981. The minimum atomic E-state index is -0.392. The second-order valence-electron chi connectivity index (χ2n) is 2.97. The number of halogens is 1. The molecule has 0 amide bonds. The van der Waals surface area contributed by atoms with Crippen LogP contribution in [0.3, 0.4) is 0 Å². The van der Waals surface area contributed by atoms with Crippen molar-refractivity contribution in [3.8, 4) is 0 Å². The van der Waals surface area contributed by atoms with E-state index < -0.39 is 21.0 Å². The number of nitrogens with two attached hydrogens (primary N) is 2. The molecule has 0 atom stereocenters. The Morgan fingerprint density at radius 3 is 2.00 bits per heavy atom. The molecule has 0 bridgehead atoms. The molecule has 0 aliphatic rings. The highest BCUT2D eigenvalue weighted by atomic mass is 127. The van der Waals surface area contributed by atoms with Crippen LogP contribution in [0.1, 0.15) is 27.2 Å². The van der Waals surface area contributed by atoms with E-state index in [4.69, 9.17) is 11.7 Å². The topological polar surface area (TPSA) is 52.0 Å². The predicted octanol–water partition coefficient (Wildman–Crippen LogP) is 1.06. The van der Waals surface area contributed by atoms with Gasteiger partial charge in [0.15, 0.2) is 21.0 Å². The summed E-state index contributed by atoms with van der Waals surface area (Å²) in [5.74, 6) is 11.6. The van der Waals surface area contributed by atoms with Gasteiger partial charge in [0.1, 0.15) is 5.54 Å². The first-order chi connectivity index (χ1) is 4.37. The molecule has 4 heteroatoms. The summed E-state index contributed by atoms with van der Waals surface area (Å²) in [7, 11) is 0. The number of nitrogens with zero attached hydrogens (tertiary/aromatic N) is 1. The van der Waals surface area contributed by atoms with Crippen molar-refractivity contribution in [1.29, 1.82) is 0 Å². The Bertz CT molecular complexity index is 131. The fourth-order valence-corrected chi connectivity index (χ4v) is 1.67. The summed E-state index contributed by atoms with van der Waals surface area (Å²) in [6, 6.07) is 0. The zero-order valence-electron chi connectivity index (χ0n) is 6.89. The van der Waals surface area contributed by atoms with Crippen LogP contribution < -0.4 is 11.7 Å². The molecule has 0 aliphatic heterocycles. The molecule has 0 unspecified atom stereocenters. The zero-order valence-corrected chi connectivity index (χ0v) is 9.05. The first-order valence-corrected chi connectivity index (χ1v) is 5.73. The first kappa shape index (κ1) is 10.5. The zero-order chi connectivity index (χ0) is 8.41. The normalized spacial score (nSPS) is 13.7. The van der Waals surface area contributed by atoms with E-state index in [-0.39, 0.29) is 8.45 Å². The van der Waals surface area contributed by atoms with Gasteiger partial charge < -0.3 is 0 Å². The first-order valence-electron chi connectivity index (χ1n) is 3.24. The van der Waals surface area contributed by atoms with Crippen LogP contribution in [-0.2, 0) is 0 Å². The molecule has 0 saturated carbocycles. The molecular weight excluding hydrogens is 241 g/mol. The summed E-state index contributed by atoms with van der Waals surface area (Å²) < 4.78 is 3.92. The fraction of sp³-hybridized carbons (Fsp3) is 0.833. The van der Waals surface area contributed by atoms with Crippen LogP contribution in [0.15, 0.2) is 0 Å². The van der Waals surface area contributed by atoms with Crippen molar-refractivity contribution >= 4 is 25.5 Å². The minimum Gasteiger partial charge on any atom is -0.153 e. The molecule has 0 rings (SSSR count). The Morgan fingerprint density at radius 2 is 1.90 bits per heavy atom. The molecule has 0 fully saturated rings. The van der Waals surface area contributed by atoms with Gasteiger partial charge in [0.2, 0.25) is 0 Å². The lowest BCUT2D eigenvalue weighted by Gasteiger charge is -2.35. The highest BCUT2D eigenvalue weighted by Gasteiger charge is 2.36. The van der Waals surface area contributed by atoms with Crippen molar-refractivity contribution in [1.82, 2.24) is 0 Å². The van der Waals surface area contributed by atoms with E-state index >= 15 is 0 Å². The summed E-state index contributed by atoms with van der Waals surface area (Å²) in [5, 5.41) is 0. The lowest BCUT2D eigenvalue weighted by molar-refractivity contribution is -0.832. The maximum atomic E-state index is 5.81. The summed E-state index contributed by atoms with van der Waals surface area (Å²) in [4.78, 5) is 0. The van der Waals surface area contributed by atoms with Crippen LogP contribution >= 0.6 is 21.0 Å². The SMILES string of the molecule is C=I[N+](N)(N)C(C)(C)CC. The second-order valence-corrected chi connectivity index (χ2v) is 5.25. The molecule has 0 aromatic carbocycles. The smallest absolute Gasteiger partial charge is 0.153 e. The lowest BCUT2D eigenvalue weighted by atomic mass is 10.0. The van der Waals surface area contributed by atoms with Gasteiger partial charge in [-0.25, -0.2) is 0 Å². The van der Waals surface area contributed by atoms with E-state index in [1.165, 1.54) is 0 Å². The van der Waals surface area contributed by atoms with E-state index in [2.05, 4.69) is 25.3 Å². The highest BCUT2D eigenvalue weighted by molar-refractivity contribution is 14.1. The van der Waals surface area contributed by atoms with Gasteiger partial charge in [-0.05, 0) is 18.4 Å². The Kier molecular flexibility index (Phi) is 3.41. The molecular formula is C6H17IN3+. The number of hydrogen-bond acceptors (Lipinski definition) is 2. The van der Waals surface area contributed by atoms with Gasteiger partial charge in [-0.2, -0.15) is 11.7 Å². The molecule has 0 aliphatic carbocycles. The van der Waals surface area contributed by atoms with Gasteiger partial charge in [0, 0.05) is 6.42 Å². The third-order valence-corrected chi connectivity index (χ3v) is 4.43. The van der Waals surface area contributed by atoms with E-state index in [1.807, 2.05) is 0 Å². The highest BCUT2D eigenvalue weighted by Crippen LogP contribution is 2.25. The number of quaternary nitrogens is 1. The van der Waals surface area contributed by atoms with Crippen molar-refractivity contribution in [3.05, 3.63) is 0 Å². The Hall–Kier alpha value is 0.480. The second kappa shape index (κ2) is 3.25. The Labute approximate surface area is 73.0 Å². The van der Waals surface area contributed by atoms with Crippen LogP contribution in [0.2, 0.25) is 0 Å². The molecule has 62 valence electrons. The van der Waals surface area contributed by atoms with E-state index in [0.29, 0.717) is 0 Å². The van der Waals surface area contributed by atoms with Gasteiger partial charge in [0.05, 0.1) is 0 Å². The summed E-state index contributed by atoms with van der Waals surface area (Å²) in [6.45, 7) is 6.22. The van der Waals surface area contributed by atoms with Crippen LogP contribution in [-0.4, -0.2) is 13.0 Å². The maximum absolute atomic E-state index is 5.81. The Balaban J connectivity index is 4.43. The van der Waals surface area contributed by atoms with Gasteiger partial charge in [-0.1, -0.05) is 6.92 Å². The average Bonchev–Trinajstić information content (AvgIpc) is 1.88. The summed E-state index contributed by atoms with van der Waals surface area (Å²) in [5.41, 5.74) is -0.0327. The summed E-state index contributed by atoms with van der Waals surface area (Å²) >= 11 is -0.392. The van der Waals surface area contributed by atoms with Gasteiger partial charge >= 0.3 is 0 Å². The Morgan fingerprint density at radius 1 is 1.50 bits per heavy atom. The van der Waals surface area contributed by atoms with Crippen molar-refractivity contribution in [2.24, 2.45) is 11.7 Å². The van der Waals surface area contributed by atoms with Crippen molar-refractivity contribution in [2.45, 2.75) is 32.7 Å². The standard InChI is InChI=1S/C6H17IN3/c1-5-6(2,3)10(8,9)7-4/h4-5,8-9H2,1-3H3/q+1. The molecule has 0 spiro atoms. The average molecular weight is 258 g/mol. The molecule has 0 aromatic heterocycles. The van der Waals surface area contributed by atoms with Crippen molar-refractivity contribution in [3.63, 3.8) is 0 Å². The maximum Gasteiger partial charge on any atom is 0.183 e. The quantitative estimate of drug-likeness (QED) is 0.344. The molecule has 0 aromatic rings. The minimum absolute atomic E-state index is 0.0327. The van der Waals surface area contributed by atoms with E-state index in [9.17, 15) is 0 Å². The molecule has 0 radical (unpaired) electrons. The third-order valence-electron chi connectivity index (χ3n) is 1.99. The van der Waals surface area contributed by atoms with Crippen LogP contribution in [0, 0.1) is 0 Å². The molecule has 0 saturated heterocycles. The van der Waals surface area contributed by atoms with E-state index in [0.717, 1.165) is 6.42 Å².